The Morgan fingerprint density at radius 1 is 1.12 bits per heavy atom. The fraction of sp³-hybridized carbons (Fsp3) is 0.222. The molecule has 0 aliphatic heterocycles. The maximum atomic E-state index is 12.4. The predicted octanol–water partition coefficient (Wildman–Crippen LogP) is 2.85. The highest BCUT2D eigenvalue weighted by Gasteiger charge is 2.13. The third-order valence-electron chi connectivity index (χ3n) is 3.69. The quantitative estimate of drug-likeness (QED) is 0.791. The van der Waals surface area contributed by atoms with Gasteiger partial charge in [-0.25, -0.2) is 14.6 Å². The Kier molecular flexibility index (Phi) is 4.47. The van der Waals surface area contributed by atoms with Crippen LogP contribution < -0.4 is 10.1 Å². The molecule has 3 heterocycles. The van der Waals surface area contributed by atoms with Crippen LogP contribution in [0.5, 0.6) is 5.75 Å². The normalized spacial score (nSPS) is 10.6. The molecule has 0 saturated carbocycles. The number of rotatable bonds is 4. The van der Waals surface area contributed by atoms with Crippen LogP contribution in [0.1, 0.15) is 27.4 Å². The lowest BCUT2D eigenvalue weighted by Crippen LogP contribution is -2.15. The van der Waals surface area contributed by atoms with Crippen molar-refractivity contribution in [1.82, 2.24) is 19.7 Å². The van der Waals surface area contributed by atoms with Gasteiger partial charge < -0.3 is 10.1 Å². The number of ether oxygens (including phenoxy) is 1. The summed E-state index contributed by atoms with van der Waals surface area (Å²) in [5, 5.41) is 7.14. The largest absolute Gasteiger partial charge is 0.493 e. The number of anilines is 1. The maximum absolute atomic E-state index is 12.4. The van der Waals surface area contributed by atoms with Crippen molar-refractivity contribution in [2.24, 2.45) is 0 Å². The minimum atomic E-state index is -0.302. The van der Waals surface area contributed by atoms with Gasteiger partial charge in [0.05, 0.1) is 18.4 Å². The number of hydrogen-bond acceptors (Lipinski definition) is 5. The summed E-state index contributed by atoms with van der Waals surface area (Å²) in [6.45, 7) is 5.73. The zero-order valence-electron chi connectivity index (χ0n) is 14.6. The highest BCUT2D eigenvalue weighted by molar-refractivity contribution is 6.04. The number of nitrogens with zero attached hydrogens (tertiary/aromatic N) is 4. The van der Waals surface area contributed by atoms with E-state index in [1.165, 1.54) is 13.3 Å². The Morgan fingerprint density at radius 2 is 1.92 bits per heavy atom. The first-order valence-electron chi connectivity index (χ1n) is 7.80. The zero-order chi connectivity index (χ0) is 18.0. The average Bonchev–Trinajstić information content (AvgIpc) is 2.93. The molecule has 0 spiro atoms. The molecule has 0 radical (unpaired) electrons. The summed E-state index contributed by atoms with van der Waals surface area (Å²) in [5.74, 6) is 1.25. The molecule has 0 bridgehead atoms. The summed E-state index contributed by atoms with van der Waals surface area (Å²) in [4.78, 5) is 21.1. The molecule has 25 heavy (non-hydrogen) atoms. The molecule has 3 aromatic heterocycles. The lowest BCUT2D eigenvalue weighted by Gasteiger charge is -2.10. The van der Waals surface area contributed by atoms with Crippen LogP contribution in [0.4, 0.5) is 5.82 Å². The van der Waals surface area contributed by atoms with Crippen molar-refractivity contribution in [3.63, 3.8) is 0 Å². The average molecular weight is 337 g/mol. The molecule has 7 nitrogen and oxygen atoms in total. The van der Waals surface area contributed by atoms with Gasteiger partial charge in [0.25, 0.3) is 5.91 Å². The van der Waals surface area contributed by atoms with Gasteiger partial charge in [-0.15, -0.1) is 0 Å². The highest BCUT2D eigenvalue weighted by atomic mass is 16.5. The predicted molar refractivity (Wildman–Crippen MR) is 94.3 cm³/mol. The van der Waals surface area contributed by atoms with Crippen molar-refractivity contribution in [2.75, 3.05) is 12.4 Å². The van der Waals surface area contributed by atoms with E-state index in [-0.39, 0.29) is 5.91 Å². The van der Waals surface area contributed by atoms with E-state index in [2.05, 4.69) is 20.4 Å². The van der Waals surface area contributed by atoms with Gasteiger partial charge in [0.2, 0.25) is 0 Å². The van der Waals surface area contributed by atoms with Gasteiger partial charge in [-0.1, -0.05) is 0 Å². The van der Waals surface area contributed by atoms with Gasteiger partial charge in [0, 0.05) is 17.6 Å². The fourth-order valence-electron chi connectivity index (χ4n) is 2.48. The van der Waals surface area contributed by atoms with E-state index < -0.39 is 0 Å². The van der Waals surface area contributed by atoms with Gasteiger partial charge in [0.15, 0.2) is 17.4 Å². The van der Waals surface area contributed by atoms with Crippen LogP contribution in [-0.2, 0) is 0 Å². The summed E-state index contributed by atoms with van der Waals surface area (Å²) in [7, 11) is 1.53. The van der Waals surface area contributed by atoms with Gasteiger partial charge in [0.1, 0.15) is 0 Å². The molecule has 0 saturated heterocycles. The van der Waals surface area contributed by atoms with E-state index in [1.54, 1.807) is 22.9 Å². The van der Waals surface area contributed by atoms with E-state index >= 15 is 0 Å². The van der Waals surface area contributed by atoms with Crippen LogP contribution >= 0.6 is 0 Å². The van der Waals surface area contributed by atoms with Crippen molar-refractivity contribution in [3.05, 3.63) is 59.2 Å². The number of amides is 1. The number of methoxy groups -OCH3 is 1. The van der Waals surface area contributed by atoms with Crippen molar-refractivity contribution >= 4 is 11.7 Å². The van der Waals surface area contributed by atoms with E-state index in [0.717, 1.165) is 17.1 Å². The Bertz CT molecular complexity index is 916. The first-order valence-corrected chi connectivity index (χ1v) is 7.80. The maximum Gasteiger partial charge on any atom is 0.258 e. The molecule has 3 rings (SSSR count). The van der Waals surface area contributed by atoms with Crippen LogP contribution in [0.3, 0.4) is 0 Å². The van der Waals surface area contributed by atoms with Crippen LogP contribution in [0.25, 0.3) is 5.82 Å². The number of aromatic nitrogens is 4. The van der Waals surface area contributed by atoms with Crippen molar-refractivity contribution in [1.29, 1.82) is 0 Å². The Labute approximate surface area is 145 Å². The number of aryl methyl sites for hydroxylation is 3. The monoisotopic (exact) mass is 337 g/mol. The summed E-state index contributed by atoms with van der Waals surface area (Å²) >= 11 is 0. The topological polar surface area (TPSA) is 81.9 Å². The van der Waals surface area contributed by atoms with Crippen LogP contribution in [0.2, 0.25) is 0 Å². The van der Waals surface area contributed by atoms with E-state index in [1.807, 2.05) is 32.9 Å². The minimum absolute atomic E-state index is 0.302. The van der Waals surface area contributed by atoms with Crippen LogP contribution in [0.15, 0.2) is 36.5 Å². The Hall–Kier alpha value is -3.22. The zero-order valence-corrected chi connectivity index (χ0v) is 14.6. The van der Waals surface area contributed by atoms with Crippen LogP contribution in [0, 0.1) is 20.8 Å². The third-order valence-corrected chi connectivity index (χ3v) is 3.69. The lowest BCUT2D eigenvalue weighted by molar-refractivity contribution is 0.102. The number of pyridine rings is 2. The molecular weight excluding hydrogens is 318 g/mol. The first kappa shape index (κ1) is 16.6. The molecule has 0 aromatic carbocycles. The number of carbonyl (C=O) groups is 1. The van der Waals surface area contributed by atoms with Crippen LogP contribution in [-0.4, -0.2) is 32.8 Å². The van der Waals surface area contributed by atoms with Crippen molar-refractivity contribution in [3.8, 4) is 11.6 Å². The molecule has 0 fully saturated rings. The molecule has 3 aromatic rings. The van der Waals surface area contributed by atoms with Gasteiger partial charge >= 0.3 is 0 Å². The minimum Gasteiger partial charge on any atom is -0.493 e. The molecule has 7 heteroatoms. The third kappa shape index (κ3) is 3.50. The Balaban J connectivity index is 1.82. The van der Waals surface area contributed by atoms with Gasteiger partial charge in [-0.3, -0.25) is 4.79 Å². The SMILES string of the molecule is COc1ccc(C)nc1NC(=O)c1ccc(-n2nc(C)cc2C)nc1. The number of carbonyl (C=O) groups excluding carboxylic acids is 1. The van der Waals surface area contributed by atoms with Gasteiger partial charge in [-0.05, 0) is 51.1 Å². The number of hydrogen-bond donors (Lipinski definition) is 1. The smallest absolute Gasteiger partial charge is 0.258 e. The molecule has 128 valence electrons. The summed E-state index contributed by atoms with van der Waals surface area (Å²) in [5.41, 5.74) is 3.11. The molecule has 0 aliphatic rings. The summed E-state index contributed by atoms with van der Waals surface area (Å²) in [6.07, 6.45) is 1.52. The second kappa shape index (κ2) is 6.72. The first-order chi connectivity index (χ1) is 12.0. The summed E-state index contributed by atoms with van der Waals surface area (Å²) < 4.78 is 6.96. The van der Waals surface area contributed by atoms with E-state index in [4.69, 9.17) is 4.74 Å². The number of nitrogens with one attached hydrogen (secondary N) is 1. The van der Waals surface area contributed by atoms with E-state index in [9.17, 15) is 4.79 Å². The second-order valence-corrected chi connectivity index (χ2v) is 5.70. The summed E-state index contributed by atoms with van der Waals surface area (Å²) in [6, 6.07) is 9.02. The lowest BCUT2D eigenvalue weighted by atomic mass is 10.2. The van der Waals surface area contributed by atoms with Crippen molar-refractivity contribution < 1.29 is 9.53 Å². The van der Waals surface area contributed by atoms with Gasteiger partial charge in [-0.2, -0.15) is 5.10 Å². The molecule has 0 atom stereocenters. The standard InChI is InChI=1S/C18H19N5O2/c1-11-5-7-15(25-4)17(20-11)21-18(24)14-6-8-16(19-10-14)23-13(3)9-12(2)22-23/h5-10H,1-4H3,(H,20,21,24). The van der Waals surface area contributed by atoms with Crippen molar-refractivity contribution in [2.45, 2.75) is 20.8 Å². The van der Waals surface area contributed by atoms with E-state index in [0.29, 0.717) is 22.9 Å². The molecule has 1 amide bonds. The highest BCUT2D eigenvalue weighted by Crippen LogP contribution is 2.22. The molecule has 0 aliphatic carbocycles. The molecule has 1 N–H and O–H groups in total. The molecule has 0 unspecified atom stereocenters. The second-order valence-electron chi connectivity index (χ2n) is 5.70. The molecular formula is C18H19N5O2. The Morgan fingerprint density at radius 3 is 2.52 bits per heavy atom. The fourth-order valence-corrected chi connectivity index (χ4v) is 2.48.